The molecular weight excluding hydrogens is 384 g/mol. The second-order valence-corrected chi connectivity index (χ2v) is 5.92. The van der Waals surface area contributed by atoms with Crippen molar-refractivity contribution >= 4 is 28.6 Å². The van der Waals surface area contributed by atoms with E-state index in [2.05, 4.69) is 22.6 Å². The first kappa shape index (κ1) is 15.6. The Bertz CT molecular complexity index is 495. The molecule has 2 rings (SSSR count). The van der Waals surface area contributed by atoms with E-state index in [-0.39, 0.29) is 30.6 Å². The van der Waals surface area contributed by atoms with Crippen LogP contribution < -0.4 is 0 Å². The normalized spacial score (nSPS) is 16.8. The molecule has 1 saturated carbocycles. The van der Waals surface area contributed by atoms with Crippen LogP contribution in [0.25, 0.3) is 0 Å². The molecule has 0 heterocycles. The molecule has 1 aliphatic rings. The average molecular weight is 398 g/mol. The number of ether oxygens (including phenoxy) is 1. The highest BCUT2D eigenvalue weighted by Gasteiger charge is 2.64. The first-order valence-electron chi connectivity index (χ1n) is 6.31. The van der Waals surface area contributed by atoms with Gasteiger partial charge in [0.15, 0.2) is 0 Å². The summed E-state index contributed by atoms with van der Waals surface area (Å²) >= 11 is 2.17. The first-order valence-corrected chi connectivity index (χ1v) is 7.84. The maximum absolute atomic E-state index is 13.0. The molecular formula is C14H14F3IO2. The van der Waals surface area contributed by atoms with Crippen molar-refractivity contribution in [3.8, 4) is 0 Å². The summed E-state index contributed by atoms with van der Waals surface area (Å²) in [5, 5.41) is 0. The fraction of sp³-hybridized carbons (Fsp3) is 0.500. The molecule has 0 saturated heterocycles. The summed E-state index contributed by atoms with van der Waals surface area (Å²) in [6.07, 6.45) is -3.36. The third-order valence-corrected chi connectivity index (χ3v) is 4.22. The minimum absolute atomic E-state index is 0.0871. The van der Waals surface area contributed by atoms with Gasteiger partial charge in [0.05, 0.1) is 17.6 Å². The largest absolute Gasteiger partial charge is 0.462 e. The van der Waals surface area contributed by atoms with Gasteiger partial charge in [-0.1, -0.05) is 34.7 Å². The van der Waals surface area contributed by atoms with E-state index in [1.54, 1.807) is 0 Å². The van der Waals surface area contributed by atoms with Gasteiger partial charge >= 0.3 is 12.1 Å². The summed E-state index contributed by atoms with van der Waals surface area (Å²) in [5.41, 5.74) is -1.41. The second kappa shape index (κ2) is 5.91. The summed E-state index contributed by atoms with van der Waals surface area (Å²) < 4.78 is 45.0. The van der Waals surface area contributed by atoms with Gasteiger partial charge in [-0.25, -0.2) is 4.79 Å². The van der Waals surface area contributed by atoms with E-state index in [1.807, 2.05) is 0 Å². The van der Waals surface area contributed by atoms with Crippen LogP contribution in [-0.4, -0.2) is 23.2 Å². The Morgan fingerprint density at radius 3 is 2.60 bits per heavy atom. The number of alkyl halides is 4. The van der Waals surface area contributed by atoms with E-state index in [9.17, 15) is 18.0 Å². The van der Waals surface area contributed by atoms with Crippen LogP contribution in [0.1, 0.15) is 35.2 Å². The Labute approximate surface area is 128 Å². The van der Waals surface area contributed by atoms with Gasteiger partial charge in [-0.2, -0.15) is 13.2 Å². The van der Waals surface area contributed by atoms with Crippen molar-refractivity contribution in [2.75, 3.05) is 11.0 Å². The van der Waals surface area contributed by atoms with E-state index in [0.717, 1.165) is 10.8 Å². The van der Waals surface area contributed by atoms with Crippen LogP contribution in [0.3, 0.4) is 0 Å². The monoisotopic (exact) mass is 398 g/mol. The first-order chi connectivity index (χ1) is 9.40. The van der Waals surface area contributed by atoms with Gasteiger partial charge in [-0.3, -0.25) is 0 Å². The van der Waals surface area contributed by atoms with Crippen LogP contribution in [0.5, 0.6) is 0 Å². The fourth-order valence-electron chi connectivity index (χ4n) is 2.11. The fourth-order valence-corrected chi connectivity index (χ4v) is 2.42. The van der Waals surface area contributed by atoms with Crippen LogP contribution in [0.2, 0.25) is 0 Å². The molecule has 0 radical (unpaired) electrons. The number of hydrogen-bond donors (Lipinski definition) is 0. The van der Waals surface area contributed by atoms with Crippen LogP contribution >= 0.6 is 22.6 Å². The van der Waals surface area contributed by atoms with Gasteiger partial charge in [0.2, 0.25) is 0 Å². The third-order valence-electron chi connectivity index (χ3n) is 3.45. The molecule has 2 nitrogen and oxygen atoms in total. The third kappa shape index (κ3) is 3.10. The smallest absolute Gasteiger partial charge is 0.398 e. The maximum Gasteiger partial charge on any atom is 0.398 e. The van der Waals surface area contributed by atoms with Crippen LogP contribution in [-0.2, 0) is 10.2 Å². The molecule has 1 fully saturated rings. The molecule has 0 N–H and O–H groups in total. The lowest BCUT2D eigenvalue weighted by molar-refractivity contribution is -0.160. The Hall–Kier alpha value is -0.790. The van der Waals surface area contributed by atoms with Gasteiger partial charge in [0, 0.05) is 4.43 Å². The number of carbonyl (C=O) groups excluding carboxylic acids is 1. The number of hydrogen-bond acceptors (Lipinski definition) is 2. The van der Waals surface area contributed by atoms with Crippen molar-refractivity contribution in [2.45, 2.75) is 30.9 Å². The molecule has 1 aliphatic carbocycles. The highest BCUT2D eigenvalue weighted by Crippen LogP contribution is 2.58. The Morgan fingerprint density at radius 1 is 1.35 bits per heavy atom. The number of esters is 1. The lowest BCUT2D eigenvalue weighted by Crippen LogP contribution is -2.28. The summed E-state index contributed by atoms with van der Waals surface area (Å²) in [6.45, 7) is 0.288. The van der Waals surface area contributed by atoms with Crippen molar-refractivity contribution in [3.05, 3.63) is 35.4 Å². The number of benzene rings is 1. The van der Waals surface area contributed by atoms with Crippen molar-refractivity contribution in [3.63, 3.8) is 0 Å². The molecule has 0 unspecified atom stereocenters. The van der Waals surface area contributed by atoms with Gasteiger partial charge in [-0.05, 0) is 37.0 Å². The number of halogens is 4. The van der Waals surface area contributed by atoms with Crippen molar-refractivity contribution in [1.82, 2.24) is 0 Å². The van der Waals surface area contributed by atoms with Gasteiger partial charge in [0.25, 0.3) is 0 Å². The summed E-state index contributed by atoms with van der Waals surface area (Å²) in [5.74, 6) is -0.560. The standard InChI is InChI=1S/C14H14F3IO2/c15-14(16,17)13(5-6-13)11-4-1-3-10(9-11)12(19)20-8-2-7-18/h1,3-4,9H,2,5-8H2. The Kier molecular flexibility index (Phi) is 4.61. The summed E-state index contributed by atoms with van der Waals surface area (Å²) in [6, 6.07) is 5.72. The molecule has 1 aromatic rings. The molecule has 0 aromatic heterocycles. The molecule has 0 atom stereocenters. The van der Waals surface area contributed by atoms with Crippen molar-refractivity contribution in [1.29, 1.82) is 0 Å². The van der Waals surface area contributed by atoms with E-state index in [0.29, 0.717) is 0 Å². The van der Waals surface area contributed by atoms with E-state index in [1.165, 1.54) is 24.3 Å². The lowest BCUT2D eigenvalue weighted by atomic mass is 9.94. The highest BCUT2D eigenvalue weighted by atomic mass is 127. The minimum Gasteiger partial charge on any atom is -0.462 e. The molecule has 0 spiro atoms. The minimum atomic E-state index is -4.27. The topological polar surface area (TPSA) is 26.3 Å². The molecule has 0 aliphatic heterocycles. The van der Waals surface area contributed by atoms with Crippen LogP contribution in [0.15, 0.2) is 24.3 Å². The maximum atomic E-state index is 13.0. The number of carbonyl (C=O) groups is 1. The van der Waals surface area contributed by atoms with E-state index in [4.69, 9.17) is 4.74 Å². The van der Waals surface area contributed by atoms with Gasteiger partial charge in [-0.15, -0.1) is 0 Å². The number of rotatable bonds is 5. The summed E-state index contributed by atoms with van der Waals surface area (Å²) in [4.78, 5) is 11.8. The lowest BCUT2D eigenvalue weighted by Gasteiger charge is -2.20. The second-order valence-electron chi connectivity index (χ2n) is 4.84. The predicted octanol–water partition coefficient (Wildman–Crippen LogP) is 4.26. The zero-order chi connectivity index (χ0) is 14.8. The van der Waals surface area contributed by atoms with Crippen LogP contribution in [0.4, 0.5) is 13.2 Å². The molecule has 20 heavy (non-hydrogen) atoms. The highest BCUT2D eigenvalue weighted by molar-refractivity contribution is 14.1. The van der Waals surface area contributed by atoms with Gasteiger partial charge < -0.3 is 4.74 Å². The quantitative estimate of drug-likeness (QED) is 0.321. The van der Waals surface area contributed by atoms with Crippen molar-refractivity contribution in [2.24, 2.45) is 0 Å². The molecule has 6 heteroatoms. The molecule has 110 valence electrons. The Morgan fingerprint density at radius 2 is 2.05 bits per heavy atom. The molecule has 0 amide bonds. The zero-order valence-corrected chi connectivity index (χ0v) is 12.8. The average Bonchev–Trinajstić information content (AvgIpc) is 3.20. The van der Waals surface area contributed by atoms with Crippen molar-refractivity contribution < 1.29 is 22.7 Å². The predicted molar refractivity (Wildman–Crippen MR) is 77.2 cm³/mol. The zero-order valence-electron chi connectivity index (χ0n) is 10.7. The Balaban J connectivity index is 2.15. The van der Waals surface area contributed by atoms with Crippen LogP contribution in [0, 0.1) is 0 Å². The van der Waals surface area contributed by atoms with E-state index < -0.39 is 17.6 Å². The SMILES string of the molecule is O=C(OCCCI)c1cccc(C2(C(F)(F)F)CC2)c1. The molecule has 0 bridgehead atoms. The summed E-state index contributed by atoms with van der Waals surface area (Å²) in [7, 11) is 0. The van der Waals surface area contributed by atoms with Gasteiger partial charge in [0.1, 0.15) is 0 Å². The van der Waals surface area contributed by atoms with E-state index >= 15 is 0 Å². The molecule has 1 aromatic carbocycles.